The Kier molecular flexibility index (Phi) is 15.3. The molecule has 4 rings (SSSR count). The van der Waals surface area contributed by atoms with Crippen molar-refractivity contribution in [3.8, 4) is 0 Å². The molecule has 0 aliphatic heterocycles. The Morgan fingerprint density at radius 1 is 0.735 bits per heavy atom. The van der Waals surface area contributed by atoms with E-state index in [1.54, 1.807) is 24.3 Å². The second kappa shape index (κ2) is 15.8. The molecule has 0 radical (unpaired) electrons. The number of allylic oxidation sites excluding steroid dienone is 8. The molecule has 6 heteroatoms. The quantitative estimate of drug-likeness (QED) is 0.337. The molecule has 0 nitrogen and oxygen atoms in total. The number of halogens is 4. The van der Waals surface area contributed by atoms with Gasteiger partial charge in [-0.1, -0.05) is 74.9 Å². The zero-order chi connectivity index (χ0) is 23.8. The maximum atomic E-state index is 13.0. The summed E-state index contributed by atoms with van der Waals surface area (Å²) >= 11 is 1.45. The van der Waals surface area contributed by atoms with Crippen LogP contribution < -0.4 is 24.8 Å². The molecule has 0 bridgehead atoms. The zero-order valence-electron chi connectivity index (χ0n) is 20.4. The molecule has 2 unspecified atom stereocenters. The fourth-order valence-electron chi connectivity index (χ4n) is 3.61. The first kappa shape index (κ1) is 32.9. The molecule has 0 fully saturated rings. The average Bonchev–Trinajstić information content (AvgIpc) is 3.22. The predicted molar refractivity (Wildman–Crippen MR) is 129 cm³/mol. The molecule has 0 amide bonds. The van der Waals surface area contributed by atoms with Crippen LogP contribution in [0.15, 0.2) is 71.8 Å². The molecular weight excluding hydrogens is 652 g/mol. The summed E-state index contributed by atoms with van der Waals surface area (Å²) in [5.74, 6) is 0.313. The van der Waals surface area contributed by atoms with E-state index in [0.717, 1.165) is 33.4 Å². The summed E-state index contributed by atoms with van der Waals surface area (Å²) in [6.07, 6.45) is 10.8. The first-order chi connectivity index (χ1) is 15.1. The first-order valence-electron chi connectivity index (χ1n) is 10.7. The Labute approximate surface area is 231 Å². The maximum Gasteiger partial charge on any atom is -1.00 e. The van der Waals surface area contributed by atoms with Gasteiger partial charge in [0.25, 0.3) is 0 Å². The maximum absolute atomic E-state index is 13.0. The molecular formula is C28H30Cl2F2HfSi-2. The van der Waals surface area contributed by atoms with E-state index in [-0.39, 0.29) is 41.9 Å². The van der Waals surface area contributed by atoms with Gasteiger partial charge in [-0.05, 0) is 24.3 Å². The normalized spacial score (nSPS) is 17.8. The minimum atomic E-state index is -0.184. The topological polar surface area (TPSA) is 0 Å². The van der Waals surface area contributed by atoms with Gasteiger partial charge in [0.1, 0.15) is 11.6 Å². The van der Waals surface area contributed by atoms with Crippen molar-refractivity contribution in [3.05, 3.63) is 107 Å². The molecule has 0 N–H and O–H groups in total. The number of hydrogen-bond donors (Lipinski definition) is 0. The summed E-state index contributed by atoms with van der Waals surface area (Å²) in [4.78, 5) is 0. The molecule has 0 heterocycles. The van der Waals surface area contributed by atoms with Crippen LogP contribution in [-0.2, 0) is 23.0 Å². The molecule has 0 saturated carbocycles. The standard InChI is InChI=1S/2C13H12F.C2H6Si.2ClH.Hf/c2*1-9-6-10(2)13(7-9)11-4-3-5-12(14)8-11;1-3-2;;;/h2*3-5,7-9H,1-2H3;1-2H3;2*1H;/q2*-1;;;;+2/p-2. The third-order valence-corrected chi connectivity index (χ3v) is 4.80. The van der Waals surface area contributed by atoms with Gasteiger partial charge in [-0.15, -0.1) is 0 Å². The second-order valence-corrected chi connectivity index (χ2v) is 21.1. The van der Waals surface area contributed by atoms with Crippen LogP contribution in [0.2, 0.25) is 13.1 Å². The predicted octanol–water partition coefficient (Wildman–Crippen LogP) is 2.01. The van der Waals surface area contributed by atoms with Crippen LogP contribution >= 0.6 is 0 Å². The van der Waals surface area contributed by atoms with Gasteiger partial charge < -0.3 is 24.8 Å². The van der Waals surface area contributed by atoms with Crippen LogP contribution in [-0.4, -0.2) is 5.49 Å². The van der Waals surface area contributed by atoms with Crippen molar-refractivity contribution in [1.82, 2.24) is 0 Å². The van der Waals surface area contributed by atoms with E-state index in [1.807, 2.05) is 26.0 Å². The van der Waals surface area contributed by atoms with Gasteiger partial charge in [-0.3, -0.25) is 12.2 Å². The van der Waals surface area contributed by atoms with E-state index in [2.05, 4.69) is 51.2 Å². The molecule has 2 aromatic rings. The summed E-state index contributed by atoms with van der Waals surface area (Å²) in [5, 5.41) is 0. The Bertz CT molecular complexity index is 1020. The van der Waals surface area contributed by atoms with Crippen molar-refractivity contribution in [3.63, 3.8) is 0 Å². The fraction of sp³-hybridized carbons (Fsp3) is 0.286. The van der Waals surface area contributed by atoms with Gasteiger partial charge in [0, 0.05) is 0 Å². The van der Waals surface area contributed by atoms with Gasteiger partial charge >= 0.3 is 41.6 Å². The zero-order valence-corrected chi connectivity index (χ0v) is 26.5. The summed E-state index contributed by atoms with van der Waals surface area (Å²) in [6.45, 7) is 12.8. The summed E-state index contributed by atoms with van der Waals surface area (Å²) < 4.78 is 26.0. The van der Waals surface area contributed by atoms with Gasteiger partial charge in [-0.2, -0.15) is 23.3 Å². The van der Waals surface area contributed by atoms with Crippen molar-refractivity contribution in [2.24, 2.45) is 11.8 Å². The van der Waals surface area contributed by atoms with Crippen molar-refractivity contribution >= 4 is 16.6 Å². The Morgan fingerprint density at radius 3 is 1.29 bits per heavy atom. The van der Waals surface area contributed by atoms with Crippen LogP contribution in [0.3, 0.4) is 0 Å². The minimum Gasteiger partial charge on any atom is -1.00 e. The van der Waals surface area contributed by atoms with E-state index < -0.39 is 0 Å². The van der Waals surface area contributed by atoms with Gasteiger partial charge in [0.15, 0.2) is 0 Å². The van der Waals surface area contributed by atoms with E-state index in [4.69, 9.17) is 0 Å². The Balaban J connectivity index is 0.000000528. The number of benzene rings is 2. The van der Waals surface area contributed by atoms with Crippen LogP contribution in [0.1, 0.15) is 38.8 Å². The Morgan fingerprint density at radius 2 is 1.06 bits per heavy atom. The average molecular weight is 682 g/mol. The molecule has 0 saturated heterocycles. The molecule has 34 heavy (non-hydrogen) atoms. The van der Waals surface area contributed by atoms with Gasteiger partial charge in [0.2, 0.25) is 0 Å². The van der Waals surface area contributed by atoms with Crippen LogP contribution in [0, 0.1) is 35.6 Å². The van der Waals surface area contributed by atoms with Crippen LogP contribution in [0.5, 0.6) is 0 Å². The second-order valence-electron chi connectivity index (χ2n) is 8.30. The molecule has 0 spiro atoms. The molecule has 2 aliphatic rings. The summed E-state index contributed by atoms with van der Waals surface area (Å²) in [6, 6.07) is 13.4. The molecule has 2 aliphatic carbocycles. The van der Waals surface area contributed by atoms with E-state index in [1.165, 1.54) is 35.1 Å². The first-order valence-corrected chi connectivity index (χ1v) is 18.6. The number of rotatable bonds is 2. The van der Waals surface area contributed by atoms with Crippen molar-refractivity contribution in [2.75, 3.05) is 0 Å². The third kappa shape index (κ3) is 10.7. The number of hydrogen-bond acceptors (Lipinski definition) is 0. The third-order valence-electron chi connectivity index (χ3n) is 4.80. The minimum absolute atomic E-state index is 0. The largest absolute Gasteiger partial charge is 1.00 e. The van der Waals surface area contributed by atoms with Crippen molar-refractivity contribution in [1.29, 1.82) is 0 Å². The van der Waals surface area contributed by atoms with Gasteiger partial charge in [0.05, 0.1) is 0 Å². The van der Waals surface area contributed by atoms with Crippen molar-refractivity contribution in [2.45, 2.75) is 40.8 Å². The smallest absolute Gasteiger partial charge is 1.00 e. The molecule has 0 aromatic heterocycles. The van der Waals surface area contributed by atoms with E-state index in [0.29, 0.717) is 11.8 Å². The van der Waals surface area contributed by atoms with Crippen LogP contribution in [0.25, 0.3) is 11.1 Å². The SMILES string of the molecule is CC1=[C-]C(C)C=C1c1cccc(F)c1.CC1=[C-]C(C)C=C1c1cccc(F)c1.C[Si](C)=[Hf+2].[Cl-].[Cl-]. The van der Waals surface area contributed by atoms with Crippen molar-refractivity contribution < 1.29 is 56.6 Å². The van der Waals surface area contributed by atoms with E-state index >= 15 is 0 Å². The molecule has 2 atom stereocenters. The fourth-order valence-corrected chi connectivity index (χ4v) is 3.61. The molecule has 180 valence electrons. The van der Waals surface area contributed by atoms with Crippen LogP contribution in [0.4, 0.5) is 8.78 Å². The van der Waals surface area contributed by atoms with E-state index in [9.17, 15) is 8.78 Å². The summed E-state index contributed by atoms with van der Waals surface area (Å²) in [7, 11) is 0. The van der Waals surface area contributed by atoms with Gasteiger partial charge in [-0.25, -0.2) is 19.9 Å². The summed E-state index contributed by atoms with van der Waals surface area (Å²) in [5.41, 5.74) is 6.59. The monoisotopic (exact) mass is 682 g/mol. The Hall–Kier alpha value is -1.07. The molecule has 2 aromatic carbocycles.